The van der Waals surface area contributed by atoms with Crippen LogP contribution in [0.3, 0.4) is 0 Å². The third kappa shape index (κ3) is 3.02. The Kier molecular flexibility index (Phi) is 4.46. The maximum atomic E-state index is 5.79. The summed E-state index contributed by atoms with van der Waals surface area (Å²) in [6, 6.07) is 0. The Labute approximate surface area is 87.5 Å². The van der Waals surface area contributed by atoms with Crippen molar-refractivity contribution in [3.8, 4) is 0 Å². The number of rotatable bonds is 4. The van der Waals surface area contributed by atoms with Crippen LogP contribution in [0.5, 0.6) is 0 Å². The molecule has 0 amide bonds. The average Bonchev–Trinajstić information content (AvgIpc) is 2.44. The number of hydrogen-bond donors (Lipinski definition) is 1. The van der Waals surface area contributed by atoms with Gasteiger partial charge in [-0.1, -0.05) is 32.8 Å². The molecule has 0 aromatic heterocycles. The van der Waals surface area contributed by atoms with E-state index in [-0.39, 0.29) is 0 Å². The second-order valence-electron chi connectivity index (χ2n) is 4.64. The van der Waals surface area contributed by atoms with Gasteiger partial charge >= 0.3 is 0 Å². The molecule has 2 atom stereocenters. The lowest BCUT2D eigenvalue weighted by atomic mass is 9.88. The molecule has 0 spiro atoms. The van der Waals surface area contributed by atoms with Crippen molar-refractivity contribution < 1.29 is 4.74 Å². The van der Waals surface area contributed by atoms with Crippen molar-refractivity contribution >= 4 is 0 Å². The number of hydrogen-bond acceptors (Lipinski definition) is 2. The van der Waals surface area contributed by atoms with Gasteiger partial charge in [-0.25, -0.2) is 0 Å². The van der Waals surface area contributed by atoms with Crippen LogP contribution in [0.25, 0.3) is 0 Å². The summed E-state index contributed by atoms with van der Waals surface area (Å²) in [7, 11) is 1.68. The van der Waals surface area contributed by atoms with E-state index in [4.69, 9.17) is 10.5 Å². The summed E-state index contributed by atoms with van der Waals surface area (Å²) < 4.78 is 4.98. The Morgan fingerprint density at radius 3 is 2.43 bits per heavy atom. The van der Waals surface area contributed by atoms with E-state index >= 15 is 0 Å². The Morgan fingerprint density at radius 2 is 1.93 bits per heavy atom. The predicted octanol–water partition coefficient (Wildman–Crippen LogP) is 2.55. The van der Waals surface area contributed by atoms with Crippen molar-refractivity contribution in [2.45, 2.75) is 33.1 Å². The molecule has 1 rings (SSSR count). The van der Waals surface area contributed by atoms with Crippen LogP contribution in [0.4, 0.5) is 0 Å². The van der Waals surface area contributed by atoms with E-state index in [1.807, 2.05) is 0 Å². The van der Waals surface area contributed by atoms with Crippen LogP contribution in [0.2, 0.25) is 0 Å². The van der Waals surface area contributed by atoms with Gasteiger partial charge in [0.15, 0.2) is 0 Å². The second-order valence-corrected chi connectivity index (χ2v) is 4.64. The van der Waals surface area contributed by atoms with Gasteiger partial charge in [0, 0.05) is 12.8 Å². The van der Waals surface area contributed by atoms with Crippen molar-refractivity contribution in [1.29, 1.82) is 0 Å². The predicted molar refractivity (Wildman–Crippen MR) is 59.8 cm³/mol. The van der Waals surface area contributed by atoms with Crippen molar-refractivity contribution in [1.82, 2.24) is 0 Å². The summed E-state index contributed by atoms with van der Waals surface area (Å²) in [6.07, 6.45) is 6.03. The van der Waals surface area contributed by atoms with Gasteiger partial charge in [-0.05, 0) is 24.2 Å². The molecule has 0 radical (unpaired) electrons. The molecule has 1 aliphatic carbocycles. The van der Waals surface area contributed by atoms with Crippen molar-refractivity contribution in [3.05, 3.63) is 11.8 Å². The first-order valence-corrected chi connectivity index (χ1v) is 5.58. The molecule has 2 nitrogen and oxygen atoms in total. The van der Waals surface area contributed by atoms with Crippen molar-refractivity contribution in [2.24, 2.45) is 23.5 Å². The molecule has 0 saturated heterocycles. The van der Waals surface area contributed by atoms with E-state index < -0.39 is 0 Å². The minimum absolute atomic E-state index is 0.565. The van der Waals surface area contributed by atoms with Gasteiger partial charge in [0.05, 0.1) is 6.61 Å². The normalized spacial score (nSPS) is 33.6. The third-order valence-corrected chi connectivity index (χ3v) is 3.50. The van der Waals surface area contributed by atoms with Gasteiger partial charge in [0.1, 0.15) is 0 Å². The molecule has 1 aliphatic rings. The minimum Gasteiger partial charge on any atom is -0.400 e. The smallest absolute Gasteiger partial charge is 0.0853 e. The van der Waals surface area contributed by atoms with Crippen LogP contribution >= 0.6 is 0 Å². The largest absolute Gasteiger partial charge is 0.400 e. The summed E-state index contributed by atoms with van der Waals surface area (Å²) >= 11 is 0. The average molecular weight is 197 g/mol. The topological polar surface area (TPSA) is 35.2 Å². The first-order valence-electron chi connectivity index (χ1n) is 5.58. The Balaban J connectivity index is 2.39. The van der Waals surface area contributed by atoms with Crippen LogP contribution in [0.15, 0.2) is 11.8 Å². The van der Waals surface area contributed by atoms with Gasteiger partial charge in [-0.15, -0.1) is 0 Å². The molecule has 0 aromatic rings. The lowest BCUT2D eigenvalue weighted by Gasteiger charge is -2.18. The van der Waals surface area contributed by atoms with Crippen molar-refractivity contribution in [2.75, 3.05) is 13.7 Å². The molecule has 0 bridgehead atoms. The molecule has 14 heavy (non-hydrogen) atoms. The van der Waals surface area contributed by atoms with Gasteiger partial charge < -0.3 is 10.5 Å². The van der Waals surface area contributed by atoms with E-state index in [0.717, 1.165) is 29.9 Å². The summed E-state index contributed by atoms with van der Waals surface area (Å²) in [6.45, 7) is 5.28. The number of methoxy groups -OCH3 is 1. The highest BCUT2D eigenvalue weighted by Gasteiger charge is 2.28. The summed E-state index contributed by atoms with van der Waals surface area (Å²) in [5, 5.41) is 0. The Bertz CT molecular complexity index is 190. The molecule has 1 saturated carbocycles. The Hall–Kier alpha value is -0.500. The molecule has 0 heterocycles. The highest BCUT2D eigenvalue weighted by molar-refractivity contribution is 4.99. The standard InChI is InChI=1S/C12H23NO/c1-9-4-5-10(2)12(9)7-6-11(13)8-14-3/h6,9-10,12H,4-5,7-8,13H2,1-3H3. The van der Waals surface area contributed by atoms with Gasteiger partial charge in [-0.3, -0.25) is 0 Å². The van der Waals surface area contributed by atoms with Crippen LogP contribution in [-0.2, 0) is 4.74 Å². The van der Waals surface area contributed by atoms with Gasteiger partial charge in [0.2, 0.25) is 0 Å². The molecular formula is C12H23NO. The van der Waals surface area contributed by atoms with Crippen LogP contribution < -0.4 is 5.73 Å². The molecule has 2 N–H and O–H groups in total. The SMILES string of the molecule is COCC(N)=CCC1C(C)CCC1C. The molecule has 1 fully saturated rings. The molecule has 2 unspecified atom stereocenters. The zero-order valence-corrected chi connectivity index (χ0v) is 9.62. The summed E-state index contributed by atoms with van der Waals surface area (Å²) in [4.78, 5) is 0. The van der Waals surface area contributed by atoms with E-state index in [2.05, 4.69) is 19.9 Å². The second kappa shape index (κ2) is 5.40. The quantitative estimate of drug-likeness (QED) is 0.751. The van der Waals surface area contributed by atoms with Crippen LogP contribution in [0, 0.1) is 17.8 Å². The van der Waals surface area contributed by atoms with E-state index in [1.165, 1.54) is 12.8 Å². The van der Waals surface area contributed by atoms with E-state index in [0.29, 0.717) is 6.61 Å². The number of allylic oxidation sites excluding steroid dienone is 1. The monoisotopic (exact) mass is 197 g/mol. The third-order valence-electron chi connectivity index (χ3n) is 3.50. The van der Waals surface area contributed by atoms with Gasteiger partial charge in [-0.2, -0.15) is 0 Å². The lowest BCUT2D eigenvalue weighted by Crippen LogP contribution is -2.11. The van der Waals surface area contributed by atoms with Crippen LogP contribution in [-0.4, -0.2) is 13.7 Å². The van der Waals surface area contributed by atoms with Crippen LogP contribution in [0.1, 0.15) is 33.1 Å². The van der Waals surface area contributed by atoms with E-state index in [1.54, 1.807) is 7.11 Å². The first-order chi connectivity index (χ1) is 6.65. The molecule has 2 heteroatoms. The molecule has 0 aliphatic heterocycles. The maximum absolute atomic E-state index is 5.79. The minimum atomic E-state index is 0.565. The lowest BCUT2D eigenvalue weighted by molar-refractivity contribution is 0.224. The summed E-state index contributed by atoms with van der Waals surface area (Å²) in [5.41, 5.74) is 6.66. The van der Waals surface area contributed by atoms with Gasteiger partial charge in [0.25, 0.3) is 0 Å². The number of nitrogens with two attached hydrogens (primary N) is 1. The first kappa shape index (κ1) is 11.6. The summed E-state index contributed by atoms with van der Waals surface area (Å²) in [5.74, 6) is 2.54. The zero-order chi connectivity index (χ0) is 10.6. The highest BCUT2D eigenvalue weighted by Crippen LogP contribution is 2.38. The molecule has 82 valence electrons. The fourth-order valence-electron chi connectivity index (χ4n) is 2.49. The fraction of sp³-hybridized carbons (Fsp3) is 0.833. The Morgan fingerprint density at radius 1 is 1.36 bits per heavy atom. The molecule has 0 aromatic carbocycles. The zero-order valence-electron chi connectivity index (χ0n) is 9.62. The molecular weight excluding hydrogens is 174 g/mol. The fourth-order valence-corrected chi connectivity index (χ4v) is 2.49. The van der Waals surface area contributed by atoms with E-state index in [9.17, 15) is 0 Å². The highest BCUT2D eigenvalue weighted by atomic mass is 16.5. The van der Waals surface area contributed by atoms with Crippen molar-refractivity contribution in [3.63, 3.8) is 0 Å². The number of ether oxygens (including phenoxy) is 1. The maximum Gasteiger partial charge on any atom is 0.0853 e.